The molecule has 0 spiro atoms. The van der Waals surface area contributed by atoms with Crippen LogP contribution >= 0.6 is 11.8 Å². The monoisotopic (exact) mass is 208 g/mol. The second kappa shape index (κ2) is 3.29. The minimum Gasteiger partial charge on any atom is -0.286 e. The van der Waals surface area contributed by atoms with E-state index in [1.165, 1.54) is 0 Å². The minimum absolute atomic E-state index is 0.0707. The van der Waals surface area contributed by atoms with Gasteiger partial charge in [0.1, 0.15) is 0 Å². The Labute approximate surface area is 87.2 Å². The van der Waals surface area contributed by atoms with Crippen LogP contribution in [0.3, 0.4) is 0 Å². The Morgan fingerprint density at radius 2 is 2.00 bits per heavy atom. The Kier molecular flexibility index (Phi) is 2.25. The minimum atomic E-state index is -0.178. The molecular formula is C10H12N2OS. The van der Waals surface area contributed by atoms with Gasteiger partial charge in [-0.05, 0) is 26.0 Å². The van der Waals surface area contributed by atoms with Crippen LogP contribution in [-0.4, -0.2) is 10.8 Å². The number of nitrogens with one attached hydrogen (secondary N) is 2. The van der Waals surface area contributed by atoms with Crippen molar-refractivity contribution in [3.63, 3.8) is 0 Å². The molecule has 1 aliphatic rings. The van der Waals surface area contributed by atoms with Gasteiger partial charge in [-0.1, -0.05) is 12.1 Å². The van der Waals surface area contributed by atoms with E-state index in [1.54, 1.807) is 11.8 Å². The number of amides is 1. The van der Waals surface area contributed by atoms with Gasteiger partial charge in [0.05, 0.1) is 10.4 Å². The van der Waals surface area contributed by atoms with Crippen LogP contribution in [0.1, 0.15) is 24.2 Å². The van der Waals surface area contributed by atoms with Gasteiger partial charge in [-0.25, -0.2) is 5.43 Å². The maximum absolute atomic E-state index is 11.6. The molecule has 0 radical (unpaired) electrons. The van der Waals surface area contributed by atoms with Crippen molar-refractivity contribution in [2.75, 3.05) is 0 Å². The zero-order valence-electron chi connectivity index (χ0n) is 8.13. The van der Waals surface area contributed by atoms with Gasteiger partial charge in [-0.3, -0.25) is 10.2 Å². The average molecular weight is 208 g/mol. The molecule has 74 valence electrons. The van der Waals surface area contributed by atoms with E-state index in [0.717, 1.165) is 10.5 Å². The molecule has 14 heavy (non-hydrogen) atoms. The van der Waals surface area contributed by atoms with Crippen molar-refractivity contribution in [3.05, 3.63) is 29.8 Å². The summed E-state index contributed by atoms with van der Waals surface area (Å²) >= 11 is 1.64. The van der Waals surface area contributed by atoms with Gasteiger partial charge in [-0.2, -0.15) is 0 Å². The van der Waals surface area contributed by atoms with E-state index in [1.807, 2.05) is 38.1 Å². The Hall–Kier alpha value is -1.00. The predicted molar refractivity (Wildman–Crippen MR) is 57.0 cm³/mol. The number of hydrogen-bond donors (Lipinski definition) is 2. The first-order valence-electron chi connectivity index (χ1n) is 4.44. The van der Waals surface area contributed by atoms with Crippen molar-refractivity contribution < 1.29 is 4.79 Å². The van der Waals surface area contributed by atoms with Crippen molar-refractivity contribution in [1.29, 1.82) is 0 Å². The molecule has 1 heterocycles. The lowest BCUT2D eigenvalue weighted by Gasteiger charge is -2.22. The maximum atomic E-state index is 11.6. The fraction of sp³-hybridized carbons (Fsp3) is 0.300. The summed E-state index contributed by atoms with van der Waals surface area (Å²) in [5, 5.41) is 0. The number of hydrazine groups is 1. The van der Waals surface area contributed by atoms with Crippen LogP contribution in [0.25, 0.3) is 0 Å². The summed E-state index contributed by atoms with van der Waals surface area (Å²) in [5.74, 6) is -0.0707. The number of benzene rings is 1. The zero-order valence-corrected chi connectivity index (χ0v) is 8.94. The fourth-order valence-electron chi connectivity index (χ4n) is 1.32. The van der Waals surface area contributed by atoms with Crippen molar-refractivity contribution in [2.45, 2.75) is 23.6 Å². The van der Waals surface area contributed by atoms with Crippen LogP contribution < -0.4 is 10.9 Å². The molecule has 2 N–H and O–H groups in total. The van der Waals surface area contributed by atoms with E-state index >= 15 is 0 Å². The lowest BCUT2D eigenvalue weighted by atomic mass is 10.2. The van der Waals surface area contributed by atoms with Gasteiger partial charge in [0.15, 0.2) is 0 Å². The SMILES string of the molecule is CC1(C)NNC(=O)c2ccccc2S1. The zero-order chi connectivity index (χ0) is 10.2. The standard InChI is InChI=1S/C10H12N2OS/c1-10(2)12-11-9(13)7-5-3-4-6-8(7)14-10/h3-6,12H,1-2H3,(H,11,13). The van der Waals surface area contributed by atoms with E-state index < -0.39 is 0 Å². The third kappa shape index (κ3) is 1.76. The highest BCUT2D eigenvalue weighted by atomic mass is 32.2. The molecule has 1 aromatic rings. The molecule has 2 rings (SSSR count). The molecule has 4 heteroatoms. The number of carbonyl (C=O) groups is 1. The van der Waals surface area contributed by atoms with Gasteiger partial charge >= 0.3 is 0 Å². The van der Waals surface area contributed by atoms with Crippen LogP contribution in [0, 0.1) is 0 Å². The summed E-state index contributed by atoms with van der Waals surface area (Å²) in [6.07, 6.45) is 0. The highest BCUT2D eigenvalue weighted by Gasteiger charge is 2.26. The third-order valence-corrected chi connectivity index (χ3v) is 3.16. The maximum Gasteiger partial charge on any atom is 0.266 e. The number of fused-ring (bicyclic) bond motifs is 1. The van der Waals surface area contributed by atoms with E-state index in [2.05, 4.69) is 10.9 Å². The molecule has 0 unspecified atom stereocenters. The van der Waals surface area contributed by atoms with E-state index in [0.29, 0.717) is 0 Å². The van der Waals surface area contributed by atoms with Gasteiger partial charge < -0.3 is 0 Å². The van der Waals surface area contributed by atoms with Crippen LogP contribution in [0.2, 0.25) is 0 Å². The topological polar surface area (TPSA) is 41.1 Å². The third-order valence-electron chi connectivity index (χ3n) is 1.97. The van der Waals surface area contributed by atoms with Gasteiger partial charge in [0, 0.05) is 4.90 Å². The molecule has 1 amide bonds. The lowest BCUT2D eigenvalue weighted by Crippen LogP contribution is -2.46. The Morgan fingerprint density at radius 3 is 2.79 bits per heavy atom. The number of rotatable bonds is 0. The number of hydrogen-bond acceptors (Lipinski definition) is 3. The summed E-state index contributed by atoms with van der Waals surface area (Å²) in [6.45, 7) is 4.06. The van der Waals surface area contributed by atoms with Crippen LogP contribution in [0.4, 0.5) is 0 Å². The van der Waals surface area contributed by atoms with Crippen LogP contribution in [0.15, 0.2) is 29.2 Å². The van der Waals surface area contributed by atoms with Crippen molar-refractivity contribution in [3.8, 4) is 0 Å². The van der Waals surface area contributed by atoms with Crippen molar-refractivity contribution in [1.82, 2.24) is 10.9 Å². The largest absolute Gasteiger partial charge is 0.286 e. The molecule has 0 saturated carbocycles. The summed E-state index contributed by atoms with van der Waals surface area (Å²) in [5.41, 5.74) is 6.39. The molecule has 0 aromatic heterocycles. The fourth-order valence-corrected chi connectivity index (χ4v) is 2.39. The Morgan fingerprint density at radius 1 is 1.29 bits per heavy atom. The van der Waals surface area contributed by atoms with E-state index in [9.17, 15) is 4.79 Å². The molecule has 0 atom stereocenters. The summed E-state index contributed by atoms with van der Waals surface area (Å²) in [6, 6.07) is 7.62. The first-order chi connectivity index (χ1) is 6.58. The smallest absolute Gasteiger partial charge is 0.266 e. The highest BCUT2D eigenvalue weighted by Crippen LogP contribution is 2.33. The quantitative estimate of drug-likeness (QED) is 0.682. The van der Waals surface area contributed by atoms with Gasteiger partial charge in [0.25, 0.3) is 5.91 Å². The Bertz CT molecular complexity index is 376. The molecule has 1 aliphatic heterocycles. The Balaban J connectivity index is 2.46. The molecule has 0 saturated heterocycles. The molecule has 0 fully saturated rings. The predicted octanol–water partition coefficient (Wildman–Crippen LogP) is 1.76. The van der Waals surface area contributed by atoms with Crippen molar-refractivity contribution in [2.24, 2.45) is 0 Å². The molecule has 3 nitrogen and oxygen atoms in total. The summed E-state index contributed by atoms with van der Waals surface area (Å²) in [7, 11) is 0. The van der Waals surface area contributed by atoms with E-state index in [-0.39, 0.29) is 10.8 Å². The first-order valence-corrected chi connectivity index (χ1v) is 5.26. The second-order valence-corrected chi connectivity index (χ2v) is 5.35. The van der Waals surface area contributed by atoms with Crippen molar-refractivity contribution >= 4 is 17.7 Å². The second-order valence-electron chi connectivity index (χ2n) is 3.69. The highest BCUT2D eigenvalue weighted by molar-refractivity contribution is 8.00. The first kappa shape index (κ1) is 9.55. The molecule has 1 aromatic carbocycles. The molecule has 0 aliphatic carbocycles. The molecule has 0 bridgehead atoms. The van der Waals surface area contributed by atoms with Gasteiger partial charge in [0.2, 0.25) is 0 Å². The lowest BCUT2D eigenvalue weighted by molar-refractivity contribution is 0.0924. The number of thioether (sulfide) groups is 1. The summed E-state index contributed by atoms with van der Waals surface area (Å²) < 4.78 is 0. The van der Waals surface area contributed by atoms with Crippen LogP contribution in [0.5, 0.6) is 0 Å². The number of carbonyl (C=O) groups excluding carboxylic acids is 1. The van der Waals surface area contributed by atoms with Gasteiger partial charge in [-0.15, -0.1) is 11.8 Å². The summed E-state index contributed by atoms with van der Waals surface area (Å²) in [4.78, 5) is 12.4. The molecular weight excluding hydrogens is 196 g/mol. The normalized spacial score (nSPS) is 19.4. The van der Waals surface area contributed by atoms with Crippen LogP contribution in [-0.2, 0) is 0 Å². The van der Waals surface area contributed by atoms with E-state index in [4.69, 9.17) is 0 Å². The average Bonchev–Trinajstić information content (AvgIpc) is 2.25.